The van der Waals surface area contributed by atoms with Crippen molar-refractivity contribution in [2.45, 2.75) is 6.61 Å². The predicted octanol–water partition coefficient (Wildman–Crippen LogP) is 4.39. The Morgan fingerprint density at radius 1 is 1.10 bits per heavy atom. The molecule has 0 spiro atoms. The fourth-order valence-electron chi connectivity index (χ4n) is 1.72. The molecule has 0 aliphatic heterocycles. The first-order chi connectivity index (χ1) is 9.63. The third-order valence-electron chi connectivity index (χ3n) is 2.69. The molecule has 20 heavy (non-hydrogen) atoms. The second kappa shape index (κ2) is 6.64. The Balaban J connectivity index is 2.24. The lowest BCUT2D eigenvalue weighted by Gasteiger charge is -2.13. The van der Waals surface area contributed by atoms with Crippen LogP contribution < -0.4 is 9.47 Å². The molecule has 104 valence electrons. The number of methoxy groups -OCH3 is 1. The lowest BCUT2D eigenvalue weighted by Crippen LogP contribution is -2.01. The summed E-state index contributed by atoms with van der Waals surface area (Å²) in [7, 11) is 1.50. The van der Waals surface area contributed by atoms with E-state index in [9.17, 15) is 4.79 Å². The number of benzene rings is 2. The summed E-state index contributed by atoms with van der Waals surface area (Å²) in [5, 5.41) is 1.08. The highest BCUT2D eigenvalue weighted by Crippen LogP contribution is 2.34. The van der Waals surface area contributed by atoms with Crippen LogP contribution in [-0.2, 0) is 6.61 Å². The largest absolute Gasteiger partial charge is 0.493 e. The zero-order chi connectivity index (χ0) is 14.5. The molecule has 0 fully saturated rings. The normalized spacial score (nSPS) is 10.2. The molecule has 0 aliphatic carbocycles. The molecule has 2 aromatic rings. The van der Waals surface area contributed by atoms with Crippen LogP contribution in [0.3, 0.4) is 0 Å². The van der Waals surface area contributed by atoms with Gasteiger partial charge in [-0.05, 0) is 23.8 Å². The first kappa shape index (κ1) is 14.7. The van der Waals surface area contributed by atoms with E-state index in [4.69, 9.17) is 32.7 Å². The van der Waals surface area contributed by atoms with E-state index in [-0.39, 0.29) is 0 Å². The zero-order valence-corrected chi connectivity index (χ0v) is 12.2. The smallest absolute Gasteiger partial charge is 0.172 e. The van der Waals surface area contributed by atoms with Gasteiger partial charge in [0, 0.05) is 16.1 Å². The molecule has 3 nitrogen and oxygen atoms in total. The van der Waals surface area contributed by atoms with Crippen molar-refractivity contribution in [3.05, 3.63) is 57.6 Å². The van der Waals surface area contributed by atoms with Crippen LogP contribution in [-0.4, -0.2) is 13.4 Å². The first-order valence-corrected chi connectivity index (χ1v) is 6.59. The van der Waals surface area contributed by atoms with Crippen LogP contribution in [0.5, 0.6) is 11.5 Å². The van der Waals surface area contributed by atoms with Crippen molar-refractivity contribution >= 4 is 29.5 Å². The van der Waals surface area contributed by atoms with Gasteiger partial charge < -0.3 is 9.47 Å². The van der Waals surface area contributed by atoms with Gasteiger partial charge in [0.05, 0.1) is 12.7 Å². The van der Waals surface area contributed by atoms with E-state index in [2.05, 4.69) is 0 Å². The maximum absolute atomic E-state index is 11.1. The molecule has 0 bridgehead atoms. The van der Waals surface area contributed by atoms with Crippen molar-refractivity contribution in [1.82, 2.24) is 0 Å². The summed E-state index contributed by atoms with van der Waals surface area (Å²) in [6, 6.07) is 10.4. The molecule has 2 aromatic carbocycles. The SMILES string of the molecule is COc1cc(Cl)cc(C=O)c1OCc1ccc(Cl)cc1. The summed E-state index contributed by atoms with van der Waals surface area (Å²) in [6.45, 7) is 0.302. The monoisotopic (exact) mass is 310 g/mol. The Bertz CT molecular complexity index is 609. The molecule has 0 aromatic heterocycles. The molecule has 0 N–H and O–H groups in total. The topological polar surface area (TPSA) is 35.5 Å². The van der Waals surface area contributed by atoms with Gasteiger partial charge in [0.2, 0.25) is 0 Å². The molecule has 0 amide bonds. The molecule has 0 saturated carbocycles. The number of halogens is 2. The van der Waals surface area contributed by atoms with Crippen LogP contribution in [0, 0.1) is 0 Å². The number of ether oxygens (including phenoxy) is 2. The van der Waals surface area contributed by atoms with Crippen molar-refractivity contribution < 1.29 is 14.3 Å². The van der Waals surface area contributed by atoms with E-state index in [0.29, 0.717) is 40.0 Å². The number of hydrogen-bond acceptors (Lipinski definition) is 3. The van der Waals surface area contributed by atoms with Crippen LogP contribution in [0.15, 0.2) is 36.4 Å². The molecule has 0 heterocycles. The quantitative estimate of drug-likeness (QED) is 0.768. The number of hydrogen-bond donors (Lipinski definition) is 0. The maximum atomic E-state index is 11.1. The van der Waals surface area contributed by atoms with Crippen LogP contribution in [0.25, 0.3) is 0 Å². The summed E-state index contributed by atoms with van der Waals surface area (Å²) in [6.07, 6.45) is 0.686. The second-order valence-electron chi connectivity index (χ2n) is 4.06. The fraction of sp³-hybridized carbons (Fsp3) is 0.133. The highest BCUT2D eigenvalue weighted by Gasteiger charge is 2.12. The third kappa shape index (κ3) is 3.44. The minimum atomic E-state index is 0.302. The summed E-state index contributed by atoms with van der Waals surface area (Å²) >= 11 is 11.7. The van der Waals surface area contributed by atoms with Crippen molar-refractivity contribution in [2.75, 3.05) is 7.11 Å². The molecule has 5 heteroatoms. The molecule has 2 rings (SSSR count). The highest BCUT2D eigenvalue weighted by atomic mass is 35.5. The summed E-state index contributed by atoms with van der Waals surface area (Å²) in [5.41, 5.74) is 1.28. The highest BCUT2D eigenvalue weighted by molar-refractivity contribution is 6.31. The average Bonchev–Trinajstić information content (AvgIpc) is 2.46. The molecule has 0 atom stereocenters. The predicted molar refractivity (Wildman–Crippen MR) is 79.2 cm³/mol. The average molecular weight is 311 g/mol. The minimum Gasteiger partial charge on any atom is -0.493 e. The van der Waals surface area contributed by atoms with Gasteiger partial charge in [0.25, 0.3) is 0 Å². The second-order valence-corrected chi connectivity index (χ2v) is 4.93. The summed E-state index contributed by atoms with van der Waals surface area (Å²) < 4.78 is 10.9. The standard InChI is InChI=1S/C15H12Cl2O3/c1-19-14-7-13(17)6-11(8-18)15(14)20-9-10-2-4-12(16)5-3-10/h2-8H,9H2,1H3. The molecule has 0 unspecified atom stereocenters. The van der Waals surface area contributed by atoms with E-state index in [1.807, 2.05) is 12.1 Å². The van der Waals surface area contributed by atoms with Crippen molar-refractivity contribution in [2.24, 2.45) is 0 Å². The van der Waals surface area contributed by atoms with Gasteiger partial charge in [-0.25, -0.2) is 0 Å². The van der Waals surface area contributed by atoms with Crippen LogP contribution >= 0.6 is 23.2 Å². The van der Waals surface area contributed by atoms with Gasteiger partial charge in [0.1, 0.15) is 6.61 Å². The van der Waals surface area contributed by atoms with Crippen LogP contribution in [0.4, 0.5) is 0 Å². The number of rotatable bonds is 5. The van der Waals surface area contributed by atoms with Crippen molar-refractivity contribution in [1.29, 1.82) is 0 Å². The maximum Gasteiger partial charge on any atom is 0.172 e. The Labute approximate surface area is 127 Å². The van der Waals surface area contributed by atoms with Gasteiger partial charge in [-0.3, -0.25) is 4.79 Å². The fourth-order valence-corrected chi connectivity index (χ4v) is 2.06. The Kier molecular flexibility index (Phi) is 4.88. The number of carbonyl (C=O) groups excluding carboxylic acids is 1. The van der Waals surface area contributed by atoms with Gasteiger partial charge in [-0.1, -0.05) is 35.3 Å². The van der Waals surface area contributed by atoms with Gasteiger partial charge >= 0.3 is 0 Å². The Morgan fingerprint density at radius 3 is 2.40 bits per heavy atom. The van der Waals surface area contributed by atoms with Gasteiger partial charge in [0.15, 0.2) is 17.8 Å². The molecule has 0 radical (unpaired) electrons. The van der Waals surface area contributed by atoms with Gasteiger partial charge in [-0.2, -0.15) is 0 Å². The van der Waals surface area contributed by atoms with Crippen molar-refractivity contribution in [3.63, 3.8) is 0 Å². The molecule has 0 aliphatic rings. The number of aldehydes is 1. The minimum absolute atomic E-state index is 0.302. The van der Waals surface area contributed by atoms with Gasteiger partial charge in [-0.15, -0.1) is 0 Å². The summed E-state index contributed by atoms with van der Waals surface area (Å²) in [5.74, 6) is 0.801. The Hall–Kier alpha value is -1.71. The first-order valence-electron chi connectivity index (χ1n) is 5.84. The van der Waals surface area contributed by atoms with Crippen LogP contribution in [0.2, 0.25) is 10.0 Å². The molecule has 0 saturated heterocycles. The molecular weight excluding hydrogens is 299 g/mol. The number of carbonyl (C=O) groups is 1. The Morgan fingerprint density at radius 2 is 1.80 bits per heavy atom. The van der Waals surface area contributed by atoms with E-state index in [0.717, 1.165) is 5.56 Å². The lowest BCUT2D eigenvalue weighted by molar-refractivity contribution is 0.111. The zero-order valence-electron chi connectivity index (χ0n) is 10.7. The van der Waals surface area contributed by atoms with Crippen LogP contribution in [0.1, 0.15) is 15.9 Å². The molecular formula is C15H12Cl2O3. The lowest BCUT2D eigenvalue weighted by atomic mass is 10.2. The third-order valence-corrected chi connectivity index (χ3v) is 3.16. The van der Waals surface area contributed by atoms with E-state index in [1.54, 1.807) is 18.2 Å². The van der Waals surface area contributed by atoms with Crippen molar-refractivity contribution in [3.8, 4) is 11.5 Å². The van der Waals surface area contributed by atoms with E-state index in [1.165, 1.54) is 13.2 Å². The van der Waals surface area contributed by atoms with E-state index < -0.39 is 0 Å². The summed E-state index contributed by atoms with van der Waals surface area (Å²) in [4.78, 5) is 11.1. The van der Waals surface area contributed by atoms with E-state index >= 15 is 0 Å².